The van der Waals surface area contributed by atoms with E-state index in [1.54, 1.807) is 6.07 Å². The van der Waals surface area contributed by atoms with E-state index in [9.17, 15) is 4.39 Å². The minimum atomic E-state index is -0.328. The maximum absolute atomic E-state index is 13.2. The van der Waals surface area contributed by atoms with Crippen LogP contribution in [0.15, 0.2) is 18.2 Å². The summed E-state index contributed by atoms with van der Waals surface area (Å²) in [4.78, 5) is 0. The fourth-order valence-electron chi connectivity index (χ4n) is 1.07. The quantitative estimate of drug-likeness (QED) is 0.740. The fourth-order valence-corrected chi connectivity index (χ4v) is 1.07. The number of methoxy groups -OCH3 is 1. The number of hydrogen-bond acceptors (Lipinski definition) is 3. The Balaban J connectivity index is 2.66. The molecule has 3 nitrogen and oxygen atoms in total. The van der Waals surface area contributed by atoms with Gasteiger partial charge in [-0.2, -0.15) is 0 Å². The summed E-state index contributed by atoms with van der Waals surface area (Å²) in [6.45, 7) is 0.605. The molecule has 0 aliphatic heterocycles. The van der Waals surface area contributed by atoms with Crippen molar-refractivity contribution in [2.75, 3.05) is 21.2 Å². The fraction of sp³-hybridized carbons (Fsp3) is 0.400. The number of hydrazine groups is 1. The zero-order valence-electron chi connectivity index (χ0n) is 8.67. The van der Waals surface area contributed by atoms with Gasteiger partial charge >= 0.3 is 0 Å². The van der Waals surface area contributed by atoms with Crippen LogP contribution < -0.4 is 10.2 Å². The van der Waals surface area contributed by atoms with Gasteiger partial charge in [0.15, 0.2) is 11.6 Å². The second kappa shape index (κ2) is 4.93. The second-order valence-corrected chi connectivity index (χ2v) is 3.20. The standard InChI is InChI=1S/C10H15FN2O/c1-13(2)12-7-8-4-5-10(14-3)9(11)6-8/h4-6,12H,7H2,1-3H3. The van der Waals surface area contributed by atoms with Gasteiger partial charge in [-0.3, -0.25) is 10.4 Å². The van der Waals surface area contributed by atoms with Crippen molar-refractivity contribution in [3.8, 4) is 5.75 Å². The molecule has 0 amide bonds. The zero-order valence-corrected chi connectivity index (χ0v) is 8.67. The van der Waals surface area contributed by atoms with E-state index in [4.69, 9.17) is 4.74 Å². The van der Waals surface area contributed by atoms with E-state index in [-0.39, 0.29) is 11.6 Å². The van der Waals surface area contributed by atoms with Gasteiger partial charge in [0, 0.05) is 20.6 Å². The van der Waals surface area contributed by atoms with Gasteiger partial charge in [0.05, 0.1) is 7.11 Å². The molecule has 1 aromatic carbocycles. The first-order valence-electron chi connectivity index (χ1n) is 4.36. The number of ether oxygens (including phenoxy) is 1. The Kier molecular flexibility index (Phi) is 3.85. The normalized spacial score (nSPS) is 10.6. The molecule has 1 N–H and O–H groups in total. The largest absolute Gasteiger partial charge is 0.494 e. The van der Waals surface area contributed by atoms with Crippen LogP contribution in [0.5, 0.6) is 5.75 Å². The molecule has 0 unspecified atom stereocenters. The molecular formula is C10H15FN2O. The topological polar surface area (TPSA) is 24.5 Å². The molecule has 0 heterocycles. The van der Waals surface area contributed by atoms with E-state index in [1.807, 2.05) is 25.2 Å². The predicted molar refractivity (Wildman–Crippen MR) is 53.5 cm³/mol. The first kappa shape index (κ1) is 10.9. The van der Waals surface area contributed by atoms with Crippen molar-refractivity contribution >= 4 is 0 Å². The molecule has 0 aliphatic carbocycles. The molecule has 4 heteroatoms. The Morgan fingerprint density at radius 1 is 1.43 bits per heavy atom. The molecule has 0 saturated heterocycles. The SMILES string of the molecule is COc1ccc(CNN(C)C)cc1F. The van der Waals surface area contributed by atoms with E-state index >= 15 is 0 Å². The van der Waals surface area contributed by atoms with Crippen molar-refractivity contribution < 1.29 is 9.13 Å². The lowest BCUT2D eigenvalue weighted by molar-refractivity contribution is 0.285. The van der Waals surface area contributed by atoms with Crippen LogP contribution >= 0.6 is 0 Å². The maximum Gasteiger partial charge on any atom is 0.165 e. The van der Waals surface area contributed by atoms with Gasteiger partial charge in [-0.25, -0.2) is 4.39 Å². The number of nitrogens with one attached hydrogen (secondary N) is 1. The van der Waals surface area contributed by atoms with E-state index in [0.29, 0.717) is 6.54 Å². The average molecular weight is 198 g/mol. The van der Waals surface area contributed by atoms with Gasteiger partial charge in [-0.1, -0.05) is 6.07 Å². The van der Waals surface area contributed by atoms with Crippen molar-refractivity contribution in [1.29, 1.82) is 0 Å². The third kappa shape index (κ3) is 2.97. The molecule has 0 atom stereocenters. The number of rotatable bonds is 4. The number of nitrogens with zero attached hydrogens (tertiary/aromatic N) is 1. The van der Waals surface area contributed by atoms with Crippen molar-refractivity contribution in [2.24, 2.45) is 0 Å². The lowest BCUT2D eigenvalue weighted by Crippen LogP contribution is -2.29. The summed E-state index contributed by atoms with van der Waals surface area (Å²) >= 11 is 0. The molecule has 0 aromatic heterocycles. The third-order valence-electron chi connectivity index (χ3n) is 1.82. The summed E-state index contributed by atoms with van der Waals surface area (Å²) < 4.78 is 18.0. The second-order valence-electron chi connectivity index (χ2n) is 3.20. The Morgan fingerprint density at radius 3 is 2.64 bits per heavy atom. The smallest absolute Gasteiger partial charge is 0.165 e. The highest BCUT2D eigenvalue weighted by molar-refractivity contribution is 5.29. The van der Waals surface area contributed by atoms with Crippen LogP contribution in [0.3, 0.4) is 0 Å². The summed E-state index contributed by atoms with van der Waals surface area (Å²) in [5.74, 6) is -0.0517. The van der Waals surface area contributed by atoms with Crippen molar-refractivity contribution in [3.05, 3.63) is 29.6 Å². The highest BCUT2D eigenvalue weighted by atomic mass is 19.1. The van der Waals surface area contributed by atoms with Crippen LogP contribution in [0, 0.1) is 5.82 Å². The van der Waals surface area contributed by atoms with E-state index in [2.05, 4.69) is 5.43 Å². The highest BCUT2D eigenvalue weighted by Gasteiger charge is 2.02. The van der Waals surface area contributed by atoms with Crippen LogP contribution in [0.2, 0.25) is 0 Å². The molecule has 0 spiro atoms. The van der Waals surface area contributed by atoms with Gasteiger partial charge in [0.25, 0.3) is 0 Å². The van der Waals surface area contributed by atoms with Gasteiger partial charge in [-0.15, -0.1) is 0 Å². The van der Waals surface area contributed by atoms with Crippen LogP contribution in [0.25, 0.3) is 0 Å². The van der Waals surface area contributed by atoms with Crippen molar-refractivity contribution in [3.63, 3.8) is 0 Å². The van der Waals surface area contributed by atoms with Gasteiger partial charge in [0.1, 0.15) is 0 Å². The molecule has 14 heavy (non-hydrogen) atoms. The van der Waals surface area contributed by atoms with E-state index in [0.717, 1.165) is 5.56 Å². The minimum absolute atomic E-state index is 0.276. The van der Waals surface area contributed by atoms with Crippen LogP contribution in [0.1, 0.15) is 5.56 Å². The Hall–Kier alpha value is -1.13. The maximum atomic E-state index is 13.2. The van der Waals surface area contributed by atoms with Gasteiger partial charge in [-0.05, 0) is 17.7 Å². The Labute approximate surface area is 83.5 Å². The zero-order chi connectivity index (χ0) is 10.6. The molecule has 1 rings (SSSR count). The van der Waals surface area contributed by atoms with Crippen LogP contribution in [0.4, 0.5) is 4.39 Å². The number of benzene rings is 1. The summed E-state index contributed by atoms with van der Waals surface area (Å²) in [5.41, 5.74) is 3.94. The summed E-state index contributed by atoms with van der Waals surface area (Å²) in [7, 11) is 5.23. The molecule has 0 radical (unpaired) electrons. The molecular weight excluding hydrogens is 183 g/mol. The first-order valence-corrected chi connectivity index (χ1v) is 4.36. The predicted octanol–water partition coefficient (Wildman–Crippen LogP) is 1.40. The summed E-state index contributed by atoms with van der Waals surface area (Å²) in [6, 6.07) is 4.93. The number of halogens is 1. The third-order valence-corrected chi connectivity index (χ3v) is 1.82. The first-order chi connectivity index (χ1) is 6.63. The average Bonchev–Trinajstić information content (AvgIpc) is 2.15. The Bertz CT molecular complexity index is 302. The van der Waals surface area contributed by atoms with Crippen LogP contribution in [-0.4, -0.2) is 26.2 Å². The summed E-state index contributed by atoms with van der Waals surface area (Å²) in [6.07, 6.45) is 0. The van der Waals surface area contributed by atoms with Crippen LogP contribution in [-0.2, 0) is 6.54 Å². The summed E-state index contributed by atoms with van der Waals surface area (Å²) in [5, 5.41) is 1.82. The van der Waals surface area contributed by atoms with Gasteiger partial charge in [0.2, 0.25) is 0 Å². The molecule has 0 bridgehead atoms. The lowest BCUT2D eigenvalue weighted by atomic mass is 10.2. The van der Waals surface area contributed by atoms with Crippen molar-refractivity contribution in [2.45, 2.75) is 6.54 Å². The molecule has 78 valence electrons. The minimum Gasteiger partial charge on any atom is -0.494 e. The molecule has 0 fully saturated rings. The van der Waals surface area contributed by atoms with Crippen molar-refractivity contribution in [1.82, 2.24) is 10.4 Å². The molecule has 1 aromatic rings. The lowest BCUT2D eigenvalue weighted by Gasteiger charge is -2.12. The molecule has 0 aliphatic rings. The highest BCUT2D eigenvalue weighted by Crippen LogP contribution is 2.17. The van der Waals surface area contributed by atoms with E-state index < -0.39 is 0 Å². The molecule has 0 saturated carbocycles. The monoisotopic (exact) mass is 198 g/mol. The number of hydrogen-bond donors (Lipinski definition) is 1. The van der Waals surface area contributed by atoms with Gasteiger partial charge < -0.3 is 4.74 Å². The Morgan fingerprint density at radius 2 is 2.14 bits per heavy atom. The van der Waals surface area contributed by atoms with E-state index in [1.165, 1.54) is 13.2 Å².